The van der Waals surface area contributed by atoms with Crippen molar-refractivity contribution < 1.29 is 4.79 Å². The summed E-state index contributed by atoms with van der Waals surface area (Å²) in [6, 6.07) is 15.6. The molecule has 1 amide bonds. The summed E-state index contributed by atoms with van der Waals surface area (Å²) in [6.45, 7) is 2.08. The highest BCUT2D eigenvalue weighted by atomic mass is 32.1. The van der Waals surface area contributed by atoms with Crippen LogP contribution in [0, 0.1) is 6.92 Å². The van der Waals surface area contributed by atoms with Gasteiger partial charge in [0.25, 0.3) is 5.91 Å². The fraction of sp³-hybridized carbons (Fsp3) is 0.0455. The number of amides is 1. The van der Waals surface area contributed by atoms with Gasteiger partial charge in [0.2, 0.25) is 5.95 Å². The van der Waals surface area contributed by atoms with Gasteiger partial charge in [-0.3, -0.25) is 4.79 Å². The molecule has 7 nitrogen and oxygen atoms in total. The first-order chi connectivity index (χ1) is 15.1. The Bertz CT molecular complexity index is 1360. The molecule has 0 aliphatic heterocycles. The van der Waals surface area contributed by atoms with Crippen LogP contribution in [0.1, 0.15) is 16.1 Å². The van der Waals surface area contributed by atoms with Gasteiger partial charge in [-0.25, -0.2) is 19.9 Å². The second kappa shape index (κ2) is 8.21. The van der Waals surface area contributed by atoms with Crippen molar-refractivity contribution in [1.29, 1.82) is 0 Å². The molecule has 3 aromatic heterocycles. The summed E-state index contributed by atoms with van der Waals surface area (Å²) in [7, 11) is 0. The number of carbonyl (C=O) groups excluding carboxylic acids is 1. The zero-order chi connectivity index (χ0) is 21.2. The van der Waals surface area contributed by atoms with Crippen LogP contribution in [0.15, 0.2) is 66.3 Å². The third kappa shape index (κ3) is 4.27. The first-order valence-corrected chi connectivity index (χ1v) is 11.1. The molecule has 0 spiro atoms. The predicted octanol–water partition coefficient (Wildman–Crippen LogP) is 5.51. The molecule has 5 aromatic rings. The number of hydrogen-bond acceptors (Lipinski definition) is 8. The number of nitrogens with zero attached hydrogens (tertiary/aromatic N) is 4. The monoisotopic (exact) mass is 444 g/mol. The first-order valence-electron chi connectivity index (χ1n) is 9.42. The molecule has 2 N–H and O–H groups in total. The molecule has 0 radical (unpaired) electrons. The Morgan fingerprint density at radius 1 is 1.00 bits per heavy atom. The Balaban J connectivity index is 1.27. The van der Waals surface area contributed by atoms with E-state index in [4.69, 9.17) is 4.98 Å². The lowest BCUT2D eigenvalue weighted by Gasteiger charge is -2.04. The molecule has 0 saturated carbocycles. The molecule has 5 rings (SSSR count). The Labute approximate surface area is 185 Å². The van der Waals surface area contributed by atoms with Crippen LogP contribution in [0.3, 0.4) is 0 Å². The van der Waals surface area contributed by atoms with Crippen LogP contribution < -0.4 is 10.6 Å². The van der Waals surface area contributed by atoms with Crippen LogP contribution in [-0.2, 0) is 0 Å². The molecule has 0 atom stereocenters. The van der Waals surface area contributed by atoms with Gasteiger partial charge in [0.1, 0.15) is 10.7 Å². The Morgan fingerprint density at radius 2 is 1.81 bits per heavy atom. The number of anilines is 3. The number of benzene rings is 2. The predicted molar refractivity (Wildman–Crippen MR) is 125 cm³/mol. The van der Waals surface area contributed by atoms with Crippen LogP contribution >= 0.6 is 22.7 Å². The van der Waals surface area contributed by atoms with Gasteiger partial charge in [-0.15, -0.1) is 22.7 Å². The highest BCUT2D eigenvalue weighted by Crippen LogP contribution is 2.31. The third-order valence-electron chi connectivity index (χ3n) is 4.45. The Morgan fingerprint density at radius 3 is 2.61 bits per heavy atom. The number of thiazole rings is 2. The van der Waals surface area contributed by atoms with Crippen molar-refractivity contribution in [3.05, 3.63) is 77.6 Å². The van der Waals surface area contributed by atoms with Crippen molar-refractivity contribution in [1.82, 2.24) is 19.9 Å². The smallest absolute Gasteiger partial charge is 0.275 e. The summed E-state index contributed by atoms with van der Waals surface area (Å²) in [6.07, 6.45) is 3.27. The summed E-state index contributed by atoms with van der Waals surface area (Å²) < 4.78 is 1.17. The molecule has 0 aliphatic carbocycles. The molecular weight excluding hydrogens is 428 g/mol. The fourth-order valence-corrected chi connectivity index (χ4v) is 4.69. The summed E-state index contributed by atoms with van der Waals surface area (Å²) >= 11 is 2.98. The number of hydrogen-bond donors (Lipinski definition) is 2. The van der Waals surface area contributed by atoms with Crippen LogP contribution in [-0.4, -0.2) is 25.8 Å². The van der Waals surface area contributed by atoms with Crippen molar-refractivity contribution in [2.24, 2.45) is 0 Å². The highest BCUT2D eigenvalue weighted by molar-refractivity contribution is 7.21. The van der Waals surface area contributed by atoms with Crippen LogP contribution in [0.2, 0.25) is 0 Å². The maximum absolute atomic E-state index is 12.5. The first kappa shape index (κ1) is 19.3. The minimum Gasteiger partial charge on any atom is -0.321 e. The highest BCUT2D eigenvalue weighted by Gasteiger charge is 2.12. The van der Waals surface area contributed by atoms with E-state index >= 15 is 0 Å². The van der Waals surface area contributed by atoms with Gasteiger partial charge in [0.05, 0.1) is 10.2 Å². The van der Waals surface area contributed by atoms with E-state index in [1.54, 1.807) is 35.2 Å². The van der Waals surface area contributed by atoms with Crippen molar-refractivity contribution in [3.63, 3.8) is 0 Å². The molecule has 0 saturated heterocycles. The number of rotatable bonds is 5. The van der Waals surface area contributed by atoms with E-state index in [-0.39, 0.29) is 5.91 Å². The van der Waals surface area contributed by atoms with E-state index in [0.29, 0.717) is 22.5 Å². The number of nitrogens with one attached hydrogen (secondary N) is 2. The third-order valence-corrected chi connectivity index (χ3v) is 6.28. The van der Waals surface area contributed by atoms with Crippen LogP contribution in [0.5, 0.6) is 0 Å². The topological polar surface area (TPSA) is 92.7 Å². The van der Waals surface area contributed by atoms with Gasteiger partial charge < -0.3 is 10.6 Å². The van der Waals surface area contributed by atoms with Gasteiger partial charge in [-0.2, -0.15) is 0 Å². The van der Waals surface area contributed by atoms with E-state index in [2.05, 4.69) is 44.6 Å². The minimum atomic E-state index is -0.276. The Hall–Kier alpha value is -3.69. The van der Waals surface area contributed by atoms with Crippen LogP contribution in [0.25, 0.3) is 20.8 Å². The zero-order valence-electron chi connectivity index (χ0n) is 16.4. The lowest BCUT2D eigenvalue weighted by atomic mass is 10.2. The van der Waals surface area contributed by atoms with Gasteiger partial charge in [-0.1, -0.05) is 6.07 Å². The van der Waals surface area contributed by atoms with Gasteiger partial charge in [-0.05, 0) is 55.0 Å². The van der Waals surface area contributed by atoms with E-state index in [1.807, 2.05) is 30.3 Å². The van der Waals surface area contributed by atoms with E-state index < -0.39 is 0 Å². The van der Waals surface area contributed by atoms with Crippen molar-refractivity contribution >= 4 is 55.6 Å². The molecule has 3 heterocycles. The van der Waals surface area contributed by atoms with E-state index in [9.17, 15) is 4.79 Å². The molecule has 0 unspecified atom stereocenters. The number of carbonyl (C=O) groups is 1. The average molecular weight is 445 g/mol. The summed E-state index contributed by atoms with van der Waals surface area (Å²) in [5.74, 6) is 0.158. The standard InChI is InChI=1S/C22H16N6OS2/c1-13-3-8-16-18(11-13)31-20(26-16)14-4-6-15(7-5-14)25-19(29)17-12-30-22(27-17)28-21-23-9-2-10-24-21/h2-12H,1H3,(H,25,29)(H,23,24,27,28). The molecule has 31 heavy (non-hydrogen) atoms. The molecule has 2 aromatic carbocycles. The molecule has 0 bridgehead atoms. The molecule has 152 valence electrons. The summed E-state index contributed by atoms with van der Waals surface area (Å²) in [5, 5.41) is 9.06. The second-order valence-corrected chi connectivity index (χ2v) is 8.65. The van der Waals surface area contributed by atoms with Crippen molar-refractivity contribution in [2.45, 2.75) is 6.92 Å². The quantitative estimate of drug-likeness (QED) is 0.371. The lowest BCUT2D eigenvalue weighted by Crippen LogP contribution is -2.12. The maximum Gasteiger partial charge on any atom is 0.275 e. The normalized spacial score (nSPS) is 10.9. The van der Waals surface area contributed by atoms with Gasteiger partial charge >= 0.3 is 0 Å². The van der Waals surface area contributed by atoms with Gasteiger partial charge in [0, 0.05) is 29.0 Å². The van der Waals surface area contributed by atoms with Crippen molar-refractivity contribution in [3.8, 4) is 10.6 Å². The van der Waals surface area contributed by atoms with Gasteiger partial charge in [0.15, 0.2) is 5.13 Å². The lowest BCUT2D eigenvalue weighted by molar-refractivity contribution is 0.102. The second-order valence-electron chi connectivity index (χ2n) is 6.76. The van der Waals surface area contributed by atoms with Crippen LogP contribution in [0.4, 0.5) is 16.8 Å². The molecule has 0 fully saturated rings. The maximum atomic E-state index is 12.5. The van der Waals surface area contributed by atoms with E-state index in [1.165, 1.54) is 21.6 Å². The fourth-order valence-electron chi connectivity index (χ4n) is 2.94. The number of fused-ring (bicyclic) bond motifs is 1. The molecule has 9 heteroatoms. The number of aromatic nitrogens is 4. The molecule has 0 aliphatic rings. The SMILES string of the molecule is Cc1ccc2nc(-c3ccc(NC(=O)c4csc(Nc5ncccn5)n4)cc3)sc2c1. The summed E-state index contributed by atoms with van der Waals surface area (Å²) in [4.78, 5) is 29.7. The largest absolute Gasteiger partial charge is 0.321 e. The van der Waals surface area contributed by atoms with E-state index in [0.717, 1.165) is 16.1 Å². The Kier molecular flexibility index (Phi) is 5.11. The van der Waals surface area contributed by atoms with Crippen molar-refractivity contribution in [2.75, 3.05) is 10.6 Å². The zero-order valence-corrected chi connectivity index (χ0v) is 18.0. The summed E-state index contributed by atoms with van der Waals surface area (Å²) in [5.41, 5.74) is 4.25. The number of aryl methyl sites for hydroxylation is 1. The molecular formula is C22H16N6OS2. The average Bonchev–Trinajstić information content (AvgIpc) is 3.42. The minimum absolute atomic E-state index is 0.276.